The van der Waals surface area contributed by atoms with Gasteiger partial charge in [0.1, 0.15) is 29.4 Å². The molecule has 0 spiro atoms. The predicted octanol–water partition coefficient (Wildman–Crippen LogP) is 8.73. The summed E-state index contributed by atoms with van der Waals surface area (Å²) >= 11 is 0. The van der Waals surface area contributed by atoms with Crippen LogP contribution in [0.5, 0.6) is 5.75 Å². The predicted molar refractivity (Wildman–Crippen MR) is 207 cm³/mol. The highest BCUT2D eigenvalue weighted by Crippen LogP contribution is 2.47. The summed E-state index contributed by atoms with van der Waals surface area (Å²) in [6.45, 7) is 15.9. The molecule has 11 heteroatoms. The molecule has 3 aromatic rings. The minimum atomic E-state index is -0.572. The molecular formula is C43H53N5O6. The average Bonchev–Trinajstić information content (AvgIpc) is 3.91. The molecule has 0 saturated carbocycles. The number of nitrogens with one attached hydrogen (secondary N) is 1. The second-order valence-electron chi connectivity index (χ2n) is 17.7. The summed E-state index contributed by atoms with van der Waals surface area (Å²) < 4.78 is 23.5. The van der Waals surface area contributed by atoms with Gasteiger partial charge < -0.3 is 23.9 Å². The van der Waals surface area contributed by atoms with E-state index in [0.29, 0.717) is 38.6 Å². The van der Waals surface area contributed by atoms with Crippen LogP contribution in [0.2, 0.25) is 0 Å². The molecule has 0 radical (unpaired) electrons. The van der Waals surface area contributed by atoms with Crippen LogP contribution in [0.3, 0.4) is 0 Å². The maximum atomic E-state index is 13.3. The number of nitrogens with zero attached hydrogens (tertiary/aromatic N) is 4. The van der Waals surface area contributed by atoms with Gasteiger partial charge in [0.05, 0.1) is 30.6 Å². The number of methoxy groups -OCH3 is 1. The van der Waals surface area contributed by atoms with Gasteiger partial charge >= 0.3 is 12.2 Å². The number of likely N-dealkylation sites (tertiary alicyclic amines) is 2. The van der Waals surface area contributed by atoms with Crippen LogP contribution in [0.1, 0.15) is 103 Å². The van der Waals surface area contributed by atoms with Crippen LogP contribution < -0.4 is 4.74 Å². The highest BCUT2D eigenvalue weighted by molar-refractivity contribution is 6.05. The third-order valence-electron chi connectivity index (χ3n) is 11.1. The summed E-state index contributed by atoms with van der Waals surface area (Å²) in [7, 11) is 1.71. The minimum Gasteiger partial charge on any atom is -0.488 e. The molecule has 1 N–H and O–H groups in total. The first kappa shape index (κ1) is 36.3. The first-order valence-corrected chi connectivity index (χ1v) is 19.4. The number of carbonyl (C=O) groups excluding carboxylic acids is 2. The first-order valence-electron chi connectivity index (χ1n) is 19.4. The topological polar surface area (TPSA) is 119 Å². The van der Waals surface area contributed by atoms with Gasteiger partial charge in [-0.05, 0) is 125 Å². The number of aliphatic imine (C=N–C) groups is 1. The lowest BCUT2D eigenvalue weighted by molar-refractivity contribution is 0.0212. The van der Waals surface area contributed by atoms with E-state index < -0.39 is 11.2 Å². The van der Waals surface area contributed by atoms with Crippen LogP contribution in [0.4, 0.5) is 9.59 Å². The van der Waals surface area contributed by atoms with E-state index in [2.05, 4.69) is 42.2 Å². The Balaban J connectivity index is 1.01. The second-order valence-corrected chi connectivity index (χ2v) is 17.7. The van der Waals surface area contributed by atoms with Crippen LogP contribution in [-0.2, 0) is 27.2 Å². The minimum absolute atomic E-state index is 0.111. The number of imidazole rings is 1. The Bertz CT molecular complexity index is 2050. The van der Waals surface area contributed by atoms with Gasteiger partial charge in [-0.2, -0.15) is 0 Å². The molecule has 2 fully saturated rings. The number of carbonyl (C=O) groups is 2. The second kappa shape index (κ2) is 13.6. The molecular weight excluding hydrogens is 683 g/mol. The van der Waals surface area contributed by atoms with Crippen molar-refractivity contribution >= 4 is 23.5 Å². The van der Waals surface area contributed by atoms with Crippen molar-refractivity contribution in [2.75, 3.05) is 26.8 Å². The fourth-order valence-electron chi connectivity index (χ4n) is 8.81. The smallest absolute Gasteiger partial charge is 0.410 e. The Kier molecular flexibility index (Phi) is 9.14. The number of fused-ring (bicyclic) bond motifs is 5. The number of H-pyrrole nitrogens is 1. The van der Waals surface area contributed by atoms with Gasteiger partial charge in [0.2, 0.25) is 0 Å². The maximum absolute atomic E-state index is 13.3. The molecule has 4 atom stereocenters. The molecule has 5 heterocycles. The van der Waals surface area contributed by atoms with Crippen molar-refractivity contribution < 1.29 is 28.5 Å². The van der Waals surface area contributed by atoms with E-state index in [-0.39, 0.29) is 30.2 Å². The summed E-state index contributed by atoms with van der Waals surface area (Å²) in [5.74, 6) is 2.25. The lowest BCUT2D eigenvalue weighted by Gasteiger charge is -2.29. The highest BCUT2D eigenvalue weighted by Gasteiger charge is 2.43. The van der Waals surface area contributed by atoms with Crippen LogP contribution in [-0.4, -0.2) is 81.7 Å². The van der Waals surface area contributed by atoms with E-state index in [1.807, 2.05) is 52.6 Å². The number of aromatic nitrogens is 2. The van der Waals surface area contributed by atoms with Gasteiger partial charge in [-0.1, -0.05) is 19.1 Å². The van der Waals surface area contributed by atoms with Gasteiger partial charge in [-0.3, -0.25) is 14.8 Å². The highest BCUT2D eigenvalue weighted by atomic mass is 16.6. The molecule has 2 aromatic carbocycles. The number of ether oxygens (including phenoxy) is 4. The number of allylic oxidation sites excluding steroid dienone is 2. The van der Waals surface area contributed by atoms with E-state index in [9.17, 15) is 9.59 Å². The first-order chi connectivity index (χ1) is 25.6. The monoisotopic (exact) mass is 735 g/mol. The van der Waals surface area contributed by atoms with Crippen molar-refractivity contribution in [1.82, 2.24) is 19.8 Å². The third kappa shape index (κ3) is 7.03. The van der Waals surface area contributed by atoms with E-state index in [4.69, 9.17) is 28.9 Å². The van der Waals surface area contributed by atoms with Crippen LogP contribution in [0.25, 0.3) is 28.0 Å². The van der Waals surface area contributed by atoms with Crippen LogP contribution >= 0.6 is 0 Å². The Morgan fingerprint density at radius 2 is 1.63 bits per heavy atom. The lowest BCUT2D eigenvalue weighted by Crippen LogP contribution is -2.43. The van der Waals surface area contributed by atoms with Gasteiger partial charge in [0, 0.05) is 49.5 Å². The number of aryl methyl sites for hydroxylation is 1. The summed E-state index contributed by atoms with van der Waals surface area (Å²) in [5, 5.41) is 0. The summed E-state index contributed by atoms with van der Waals surface area (Å²) in [5.41, 5.74) is 10.1. The van der Waals surface area contributed by atoms with E-state index in [1.165, 1.54) is 22.3 Å². The normalized spacial score (nSPS) is 23.4. The molecule has 2 amide bonds. The SMILES string of the molecule is COC[C@H]1C[C@@H](C2=NC3=C(C2)c2cc4c(cc2CC3)-c2ccc(-c3cnc([C@@H]5C[C@H](C)CN5C(=O)OC(C)(C)C)[nH]3)cc2CO4)N(C(=O)OC(C)(C)C)C1. The van der Waals surface area contributed by atoms with Gasteiger partial charge in [0.25, 0.3) is 0 Å². The van der Waals surface area contributed by atoms with Crippen LogP contribution in [0, 0.1) is 11.8 Å². The Morgan fingerprint density at radius 3 is 2.35 bits per heavy atom. The molecule has 0 bridgehead atoms. The number of amides is 2. The Labute approximate surface area is 318 Å². The lowest BCUT2D eigenvalue weighted by atomic mass is 9.83. The molecule has 54 heavy (non-hydrogen) atoms. The molecule has 8 rings (SSSR count). The zero-order valence-electron chi connectivity index (χ0n) is 32.9. The Morgan fingerprint density at radius 1 is 0.889 bits per heavy atom. The third-order valence-corrected chi connectivity index (χ3v) is 11.1. The van der Waals surface area contributed by atoms with Crippen molar-refractivity contribution in [3.63, 3.8) is 0 Å². The van der Waals surface area contributed by atoms with E-state index in [1.54, 1.807) is 12.0 Å². The number of rotatable bonds is 5. The molecule has 2 saturated heterocycles. The van der Waals surface area contributed by atoms with Crippen molar-refractivity contribution in [3.8, 4) is 28.1 Å². The standard InChI is InChI=1S/C43H53N5O6/c1-24-13-37(47(20-24)40(49)53-42(2,3)4)39-44-19-35(46-39)27-9-11-29-28(15-27)23-52-38-18-30-26(16-32(29)38)10-12-33-31(30)17-34(45-33)36-14-25(22-51-8)21-48(36)41(50)54-43(5,6)7/h9,11,15-16,18-19,24-25,36-37H,10,12-14,17,20-23H2,1-8H3,(H,44,46)/t24-,25-,36-,37-/m0/s1. The van der Waals surface area contributed by atoms with E-state index in [0.717, 1.165) is 71.1 Å². The zero-order chi connectivity index (χ0) is 38.1. The fourth-order valence-corrected chi connectivity index (χ4v) is 8.81. The van der Waals surface area contributed by atoms with Gasteiger partial charge in [0.15, 0.2) is 0 Å². The van der Waals surface area contributed by atoms with E-state index >= 15 is 0 Å². The van der Waals surface area contributed by atoms with Crippen molar-refractivity contribution in [2.45, 2.75) is 110 Å². The number of benzene rings is 2. The molecule has 1 aromatic heterocycles. The zero-order valence-corrected chi connectivity index (χ0v) is 32.9. The number of hydrogen-bond acceptors (Lipinski definition) is 8. The van der Waals surface area contributed by atoms with Crippen molar-refractivity contribution in [2.24, 2.45) is 16.8 Å². The molecule has 1 aliphatic carbocycles. The molecule has 5 aliphatic rings. The molecule has 0 unspecified atom stereocenters. The molecule has 286 valence electrons. The van der Waals surface area contributed by atoms with Crippen LogP contribution in [0.15, 0.2) is 47.2 Å². The number of hydrogen-bond donors (Lipinski definition) is 1. The largest absolute Gasteiger partial charge is 0.488 e. The quantitative estimate of drug-likeness (QED) is 0.279. The molecule has 4 aliphatic heterocycles. The summed E-state index contributed by atoms with van der Waals surface area (Å²) in [4.78, 5) is 43.5. The average molecular weight is 736 g/mol. The maximum Gasteiger partial charge on any atom is 0.410 e. The van der Waals surface area contributed by atoms with Gasteiger partial charge in [-0.25, -0.2) is 14.6 Å². The number of aromatic amines is 1. The fraction of sp³-hybridized carbons (Fsp3) is 0.535. The Hall–Kier alpha value is -4.64. The van der Waals surface area contributed by atoms with Crippen molar-refractivity contribution in [1.29, 1.82) is 0 Å². The molecule has 11 nitrogen and oxygen atoms in total. The van der Waals surface area contributed by atoms with Crippen molar-refractivity contribution in [3.05, 3.63) is 64.7 Å². The summed E-state index contributed by atoms with van der Waals surface area (Å²) in [6, 6.07) is 10.8. The summed E-state index contributed by atoms with van der Waals surface area (Å²) in [6.07, 6.45) is 5.40. The van der Waals surface area contributed by atoms with Gasteiger partial charge in [-0.15, -0.1) is 0 Å².